The Kier molecular flexibility index (Phi) is 5.02. The zero-order chi connectivity index (χ0) is 20.5. The molecule has 0 saturated heterocycles. The van der Waals surface area contributed by atoms with Crippen molar-refractivity contribution in [3.8, 4) is 5.75 Å². The lowest BCUT2D eigenvalue weighted by Crippen LogP contribution is -2.32. The number of rotatable bonds is 4. The highest BCUT2D eigenvalue weighted by molar-refractivity contribution is 7.14. The summed E-state index contributed by atoms with van der Waals surface area (Å²) in [6.45, 7) is 1.22. The zero-order valence-electron chi connectivity index (χ0n) is 16.0. The van der Waals surface area contributed by atoms with Crippen LogP contribution in [0.2, 0.25) is 0 Å². The first-order chi connectivity index (χ1) is 14.7. The van der Waals surface area contributed by atoms with Crippen LogP contribution in [0.4, 0.5) is 10.8 Å². The van der Waals surface area contributed by atoms with Crippen LogP contribution in [-0.2, 0) is 12.4 Å². The predicted octanol–water partition coefficient (Wildman–Crippen LogP) is 5.64. The van der Waals surface area contributed by atoms with Gasteiger partial charge < -0.3 is 9.64 Å². The molecule has 5 nitrogen and oxygen atoms in total. The summed E-state index contributed by atoms with van der Waals surface area (Å²) < 4.78 is 6.00. The van der Waals surface area contributed by atoms with Gasteiger partial charge in [-0.15, -0.1) is 22.9 Å². The van der Waals surface area contributed by atoms with E-state index in [0.29, 0.717) is 23.3 Å². The summed E-state index contributed by atoms with van der Waals surface area (Å²) in [6, 6.07) is 20.0. The number of hydrogen-bond donors (Lipinski definition) is 1. The number of carbonyl (C=O) groups is 1. The molecule has 0 spiro atoms. The van der Waals surface area contributed by atoms with E-state index in [4.69, 9.17) is 16.3 Å². The molecule has 0 atom stereocenters. The summed E-state index contributed by atoms with van der Waals surface area (Å²) in [7, 11) is 0. The molecule has 1 aromatic heterocycles. The normalized spacial score (nSPS) is 13.0. The fourth-order valence-electron chi connectivity index (χ4n) is 3.58. The Bertz CT molecular complexity index is 1220. The van der Waals surface area contributed by atoms with E-state index in [1.807, 2.05) is 47.8 Å². The Balaban J connectivity index is 1.33. The summed E-state index contributed by atoms with van der Waals surface area (Å²) in [5.74, 6) is 1.07. The predicted molar refractivity (Wildman–Crippen MR) is 122 cm³/mol. The standard InChI is InChI=1S/C23H18ClN3O2S/c24-11-17-13-30-23(25-17)26-22(28)16-5-8-18(9-6-16)27-12-20-19-4-2-1-3-15(19)7-10-21(20)29-14-27/h1-10,13H,11-12,14H2,(H,25,26,28). The highest BCUT2D eigenvalue weighted by Gasteiger charge is 2.20. The van der Waals surface area contributed by atoms with E-state index in [0.717, 1.165) is 23.7 Å². The van der Waals surface area contributed by atoms with Gasteiger partial charge in [0.25, 0.3) is 5.91 Å². The number of amides is 1. The largest absolute Gasteiger partial charge is 0.473 e. The van der Waals surface area contributed by atoms with Crippen molar-refractivity contribution in [2.75, 3.05) is 16.9 Å². The zero-order valence-corrected chi connectivity index (χ0v) is 17.5. The molecule has 0 unspecified atom stereocenters. The number of thiazole rings is 1. The van der Waals surface area contributed by atoms with E-state index in [9.17, 15) is 4.79 Å². The number of halogens is 1. The van der Waals surface area contributed by atoms with Gasteiger partial charge in [0.1, 0.15) is 5.75 Å². The van der Waals surface area contributed by atoms with Crippen LogP contribution in [0.3, 0.4) is 0 Å². The molecule has 1 N–H and O–H groups in total. The first kappa shape index (κ1) is 18.9. The highest BCUT2D eigenvalue weighted by atomic mass is 35.5. The Morgan fingerprint density at radius 2 is 1.97 bits per heavy atom. The number of alkyl halides is 1. The Labute approximate surface area is 182 Å². The Hall–Kier alpha value is -3.09. The van der Waals surface area contributed by atoms with Crippen LogP contribution in [-0.4, -0.2) is 17.6 Å². The fraction of sp³-hybridized carbons (Fsp3) is 0.130. The quantitative estimate of drug-likeness (QED) is 0.421. The lowest BCUT2D eigenvalue weighted by molar-refractivity contribution is 0.102. The summed E-state index contributed by atoms with van der Waals surface area (Å²) in [4.78, 5) is 18.9. The fourth-order valence-corrected chi connectivity index (χ4v) is 4.52. The minimum atomic E-state index is -0.191. The van der Waals surface area contributed by atoms with Crippen LogP contribution in [0.5, 0.6) is 5.75 Å². The smallest absolute Gasteiger partial charge is 0.257 e. The average Bonchev–Trinajstić information content (AvgIpc) is 3.26. The van der Waals surface area contributed by atoms with E-state index in [1.54, 1.807) is 0 Å². The lowest BCUT2D eigenvalue weighted by Gasteiger charge is -2.31. The molecule has 1 aliphatic rings. The number of carbonyl (C=O) groups excluding carboxylic acids is 1. The van der Waals surface area contributed by atoms with Crippen molar-refractivity contribution in [3.63, 3.8) is 0 Å². The third-order valence-corrected chi connectivity index (χ3v) is 6.21. The van der Waals surface area contributed by atoms with Gasteiger partial charge in [-0.25, -0.2) is 4.98 Å². The minimum absolute atomic E-state index is 0.191. The van der Waals surface area contributed by atoms with Gasteiger partial charge in [0.2, 0.25) is 0 Å². The van der Waals surface area contributed by atoms with Crippen molar-refractivity contribution in [3.05, 3.63) is 82.9 Å². The van der Waals surface area contributed by atoms with Gasteiger partial charge in [-0.1, -0.05) is 30.3 Å². The second kappa shape index (κ2) is 7.97. The van der Waals surface area contributed by atoms with Crippen LogP contribution in [0.15, 0.2) is 66.0 Å². The van der Waals surface area contributed by atoms with E-state index < -0.39 is 0 Å². The summed E-state index contributed by atoms with van der Waals surface area (Å²) in [5.41, 5.74) is 3.51. The molecule has 150 valence electrons. The van der Waals surface area contributed by atoms with Gasteiger partial charge in [0.05, 0.1) is 18.1 Å². The third-order valence-electron chi connectivity index (χ3n) is 5.13. The molecule has 1 aliphatic heterocycles. The van der Waals surface area contributed by atoms with Crippen LogP contribution < -0.4 is 15.0 Å². The molecule has 0 aliphatic carbocycles. The van der Waals surface area contributed by atoms with Crippen molar-refractivity contribution < 1.29 is 9.53 Å². The van der Waals surface area contributed by atoms with Crippen molar-refractivity contribution >= 4 is 50.4 Å². The number of hydrogen-bond acceptors (Lipinski definition) is 5. The number of nitrogens with zero attached hydrogens (tertiary/aromatic N) is 2. The van der Waals surface area contributed by atoms with Crippen molar-refractivity contribution in [2.24, 2.45) is 0 Å². The summed E-state index contributed by atoms with van der Waals surface area (Å²) in [5, 5.41) is 7.61. The van der Waals surface area contributed by atoms with Crippen molar-refractivity contribution in [1.82, 2.24) is 4.98 Å². The van der Waals surface area contributed by atoms with E-state index >= 15 is 0 Å². The Morgan fingerprint density at radius 3 is 2.77 bits per heavy atom. The number of aromatic nitrogens is 1. The lowest BCUT2D eigenvalue weighted by atomic mass is 10.0. The van der Waals surface area contributed by atoms with Gasteiger partial charge in [-0.05, 0) is 41.1 Å². The summed E-state index contributed by atoms with van der Waals surface area (Å²) in [6.07, 6.45) is 0. The van der Waals surface area contributed by atoms with E-state index in [1.165, 1.54) is 27.7 Å². The molecule has 30 heavy (non-hydrogen) atoms. The number of nitrogens with one attached hydrogen (secondary N) is 1. The maximum Gasteiger partial charge on any atom is 0.257 e. The molecule has 0 radical (unpaired) electrons. The molecule has 1 amide bonds. The van der Waals surface area contributed by atoms with Crippen molar-refractivity contribution in [2.45, 2.75) is 12.4 Å². The first-order valence-electron chi connectivity index (χ1n) is 9.51. The van der Waals surface area contributed by atoms with Crippen LogP contribution in [0.25, 0.3) is 10.8 Å². The van der Waals surface area contributed by atoms with E-state index in [-0.39, 0.29) is 5.91 Å². The van der Waals surface area contributed by atoms with Gasteiger partial charge in [0, 0.05) is 22.2 Å². The number of fused-ring (bicyclic) bond motifs is 3. The number of benzene rings is 3. The maximum atomic E-state index is 12.5. The molecular weight excluding hydrogens is 418 g/mol. The van der Waals surface area contributed by atoms with Crippen LogP contribution >= 0.6 is 22.9 Å². The average molecular weight is 436 g/mol. The second-order valence-electron chi connectivity index (χ2n) is 7.01. The van der Waals surface area contributed by atoms with E-state index in [2.05, 4.69) is 33.4 Å². The summed E-state index contributed by atoms with van der Waals surface area (Å²) >= 11 is 7.13. The molecule has 7 heteroatoms. The van der Waals surface area contributed by atoms with Gasteiger partial charge in [-0.3, -0.25) is 10.1 Å². The monoisotopic (exact) mass is 435 g/mol. The van der Waals surface area contributed by atoms with Crippen LogP contribution in [0, 0.1) is 0 Å². The number of anilines is 2. The topological polar surface area (TPSA) is 54.5 Å². The van der Waals surface area contributed by atoms with Crippen molar-refractivity contribution in [1.29, 1.82) is 0 Å². The van der Waals surface area contributed by atoms with Gasteiger partial charge in [0.15, 0.2) is 11.9 Å². The molecule has 2 heterocycles. The molecule has 3 aromatic carbocycles. The van der Waals surface area contributed by atoms with Gasteiger partial charge in [-0.2, -0.15) is 0 Å². The van der Waals surface area contributed by atoms with Crippen LogP contribution in [0.1, 0.15) is 21.6 Å². The SMILES string of the molecule is O=C(Nc1nc(CCl)cs1)c1ccc(N2COc3ccc4ccccc4c3C2)cc1. The minimum Gasteiger partial charge on any atom is -0.473 e. The molecule has 0 bridgehead atoms. The highest BCUT2D eigenvalue weighted by Crippen LogP contribution is 2.34. The molecule has 0 saturated carbocycles. The molecule has 5 rings (SSSR count). The molecular formula is C23H18ClN3O2S. The van der Waals surface area contributed by atoms with Gasteiger partial charge >= 0.3 is 0 Å². The maximum absolute atomic E-state index is 12.5. The number of ether oxygens (including phenoxy) is 1. The molecule has 0 fully saturated rings. The first-order valence-corrected chi connectivity index (χ1v) is 10.9. The Morgan fingerprint density at radius 1 is 1.13 bits per heavy atom. The third kappa shape index (κ3) is 3.60. The second-order valence-corrected chi connectivity index (χ2v) is 8.14. The molecule has 4 aromatic rings.